The molecule has 0 saturated carbocycles. The lowest BCUT2D eigenvalue weighted by atomic mass is 10.0. The van der Waals surface area contributed by atoms with Crippen molar-refractivity contribution >= 4 is 17.9 Å². The predicted molar refractivity (Wildman–Crippen MR) is 434 cm³/mol. The van der Waals surface area contributed by atoms with Crippen LogP contribution in [0.2, 0.25) is 0 Å². The van der Waals surface area contributed by atoms with Crippen LogP contribution < -0.4 is 5.11 Å². The van der Waals surface area contributed by atoms with Gasteiger partial charge in [-0.1, -0.05) is 350 Å². The molecule has 2 unspecified atom stereocenters. The van der Waals surface area contributed by atoms with Crippen molar-refractivity contribution in [3.8, 4) is 0 Å². The molecule has 0 spiro atoms. The summed E-state index contributed by atoms with van der Waals surface area (Å²) in [5.41, 5.74) is 0. The molecule has 570 valence electrons. The zero-order valence-corrected chi connectivity index (χ0v) is 65.2. The lowest BCUT2D eigenvalue weighted by Crippen LogP contribution is -2.44. The van der Waals surface area contributed by atoms with E-state index in [0.717, 1.165) is 148 Å². The molecule has 0 radical (unpaired) electrons. The number of allylic oxidation sites excluding steroid dienone is 32. The maximum absolute atomic E-state index is 13.0. The van der Waals surface area contributed by atoms with E-state index >= 15 is 0 Å². The summed E-state index contributed by atoms with van der Waals surface area (Å²) >= 11 is 0. The van der Waals surface area contributed by atoms with E-state index in [2.05, 4.69) is 208 Å². The van der Waals surface area contributed by atoms with Crippen LogP contribution in [0.1, 0.15) is 309 Å². The van der Waals surface area contributed by atoms with Gasteiger partial charge in [0.25, 0.3) is 0 Å². The average Bonchev–Trinajstić information content (AvgIpc) is 1.21. The normalized spacial score (nSPS) is 13.7. The van der Waals surface area contributed by atoms with Crippen LogP contribution in [0.3, 0.4) is 0 Å². The molecular formula is C92H149NO8. The Hall–Kier alpha value is -5.87. The number of unbranched alkanes of at least 4 members (excludes halogenated alkanes) is 26. The molecule has 0 N–H and O–H groups in total. The lowest BCUT2D eigenvalue weighted by molar-refractivity contribution is -0.870. The number of rotatable bonds is 73. The van der Waals surface area contributed by atoms with E-state index < -0.39 is 24.3 Å². The molecule has 0 saturated heterocycles. The van der Waals surface area contributed by atoms with Crippen molar-refractivity contribution < 1.29 is 42.9 Å². The highest BCUT2D eigenvalue weighted by molar-refractivity contribution is 5.70. The summed E-state index contributed by atoms with van der Waals surface area (Å²) in [5.74, 6) is -2.30. The van der Waals surface area contributed by atoms with Crippen LogP contribution in [0.15, 0.2) is 194 Å². The zero-order chi connectivity index (χ0) is 73.2. The van der Waals surface area contributed by atoms with E-state index in [-0.39, 0.29) is 38.6 Å². The number of nitrogens with zero attached hydrogens (tertiary/aromatic N) is 1. The molecule has 0 aliphatic carbocycles. The Morgan fingerprint density at radius 1 is 0.297 bits per heavy atom. The fourth-order valence-electron chi connectivity index (χ4n) is 10.7. The molecule has 9 heteroatoms. The molecule has 0 aromatic rings. The SMILES string of the molecule is CC/C=C\C/C=C\C/C=C\C/C=C\C/C=C\C/C=C\C/C=C\C/C=C\C/C=C\C/C=C\C/C=C\CCCCCCCCCC(=O)OC(COC(=O)CCCCCCCCCCCCCCCCCCCCC/C=C\C/C=C\C/C=C\C/C=C\C/C=C\CC)COC(OCC[N+](C)(C)C)C(=O)[O-]. The minimum absolute atomic E-state index is 0.137. The van der Waals surface area contributed by atoms with Gasteiger partial charge in [0.1, 0.15) is 13.2 Å². The van der Waals surface area contributed by atoms with E-state index in [9.17, 15) is 19.5 Å². The molecule has 0 bridgehead atoms. The lowest BCUT2D eigenvalue weighted by Gasteiger charge is -2.26. The van der Waals surface area contributed by atoms with Crippen LogP contribution >= 0.6 is 0 Å². The van der Waals surface area contributed by atoms with Gasteiger partial charge < -0.3 is 33.3 Å². The summed E-state index contributed by atoms with van der Waals surface area (Å²) in [6, 6.07) is 0. The van der Waals surface area contributed by atoms with Crippen molar-refractivity contribution in [3.63, 3.8) is 0 Å². The molecule has 0 fully saturated rings. The average molecular weight is 1400 g/mol. The predicted octanol–water partition coefficient (Wildman–Crippen LogP) is 25.1. The van der Waals surface area contributed by atoms with E-state index in [1.165, 1.54) is 128 Å². The molecular weight excluding hydrogens is 1250 g/mol. The molecule has 0 aromatic heterocycles. The van der Waals surface area contributed by atoms with Crippen molar-refractivity contribution in [1.29, 1.82) is 0 Å². The van der Waals surface area contributed by atoms with Crippen molar-refractivity contribution in [3.05, 3.63) is 194 Å². The summed E-state index contributed by atoms with van der Waals surface area (Å²) < 4.78 is 22.8. The Kier molecular flexibility index (Phi) is 75.2. The minimum Gasteiger partial charge on any atom is -0.545 e. The molecule has 9 nitrogen and oxygen atoms in total. The number of esters is 2. The quantitative estimate of drug-likeness (QED) is 0.0195. The van der Waals surface area contributed by atoms with E-state index in [1.54, 1.807) is 0 Å². The van der Waals surface area contributed by atoms with Gasteiger partial charge in [-0.25, -0.2) is 0 Å². The smallest absolute Gasteiger partial charge is 0.306 e. The first-order valence-electron chi connectivity index (χ1n) is 40.6. The van der Waals surface area contributed by atoms with Crippen LogP contribution in [0, 0.1) is 0 Å². The molecule has 101 heavy (non-hydrogen) atoms. The number of hydrogen-bond donors (Lipinski definition) is 0. The first-order chi connectivity index (χ1) is 49.6. The fraction of sp³-hybridized carbons (Fsp3) is 0.620. The van der Waals surface area contributed by atoms with E-state index in [0.29, 0.717) is 17.4 Å². The highest BCUT2D eigenvalue weighted by Crippen LogP contribution is 2.17. The van der Waals surface area contributed by atoms with Gasteiger partial charge in [0.2, 0.25) is 0 Å². The summed E-state index contributed by atoms with van der Waals surface area (Å²) in [6.45, 7) is 4.51. The van der Waals surface area contributed by atoms with Crippen LogP contribution in [0.5, 0.6) is 0 Å². The van der Waals surface area contributed by atoms with Crippen molar-refractivity contribution in [2.24, 2.45) is 0 Å². The van der Waals surface area contributed by atoms with E-state index in [4.69, 9.17) is 18.9 Å². The standard InChI is InChI=1S/C92H149NO8/c1-6-8-10-12-14-16-18-20-22-24-26-28-30-32-34-36-38-40-42-43-44-45-46-47-49-51-53-55-57-59-61-63-65-67-69-71-73-75-77-79-81-83-90(95)101-88(87-100-92(91(96)97)98-85-84-93(3,4)5)86-99-89(94)82-80-78-76-74-72-70-68-66-64-62-60-58-56-54-52-50-48-41-39-37-35-33-31-29-27-25-23-21-19-17-15-13-11-9-7-2/h8-11,14-17,20-23,26-29,32-35,38,40,43-44,46-47,51,53,57,59,63,65,88,92H,6-7,12-13,18-19,24-25,30-31,36-37,39,41-42,45,48-50,52,54-56,58,60-62,64,66-87H2,1-5H3/b10-8-,11-9-,16-14-,17-15-,22-20-,23-21-,28-26-,29-27-,34-32-,35-33-,40-38-,44-43-,47-46-,53-51-,59-57-,65-63-. The highest BCUT2D eigenvalue weighted by atomic mass is 16.7. The number of carboxylic acid groups (broad SMARTS) is 1. The third-order valence-corrected chi connectivity index (χ3v) is 16.8. The number of ether oxygens (including phenoxy) is 4. The Morgan fingerprint density at radius 2 is 0.535 bits per heavy atom. The summed E-state index contributed by atoms with van der Waals surface area (Å²) in [7, 11) is 5.92. The maximum Gasteiger partial charge on any atom is 0.306 e. The molecule has 0 heterocycles. The largest absolute Gasteiger partial charge is 0.545 e. The van der Waals surface area contributed by atoms with Gasteiger partial charge in [-0.3, -0.25) is 9.59 Å². The maximum atomic E-state index is 13.0. The number of quaternary nitrogens is 1. The first kappa shape index (κ1) is 95.1. The first-order valence-corrected chi connectivity index (χ1v) is 40.6. The third kappa shape index (κ3) is 81.3. The minimum atomic E-state index is -1.64. The second-order valence-electron chi connectivity index (χ2n) is 27.6. The van der Waals surface area contributed by atoms with Gasteiger partial charge in [-0.2, -0.15) is 0 Å². The topological polar surface area (TPSA) is 111 Å². The number of carboxylic acids is 1. The van der Waals surface area contributed by atoms with Crippen LogP contribution in [-0.2, 0) is 33.3 Å². The number of carbonyl (C=O) groups is 3. The van der Waals surface area contributed by atoms with E-state index in [1.807, 2.05) is 21.1 Å². The number of hydrogen-bond acceptors (Lipinski definition) is 8. The Labute approximate surface area is 621 Å². The second kappa shape index (κ2) is 79.8. The number of aliphatic carboxylic acids is 1. The monoisotopic (exact) mass is 1400 g/mol. The van der Waals surface area contributed by atoms with Crippen LogP contribution in [-0.4, -0.2) is 82.3 Å². The second-order valence-corrected chi connectivity index (χ2v) is 27.6. The van der Waals surface area contributed by atoms with Gasteiger partial charge >= 0.3 is 11.9 Å². The molecule has 0 amide bonds. The summed E-state index contributed by atoms with van der Waals surface area (Å²) in [6.07, 6.45) is 120. The van der Waals surface area contributed by atoms with Crippen molar-refractivity contribution in [2.75, 3.05) is 47.5 Å². The van der Waals surface area contributed by atoms with Crippen LogP contribution in [0.25, 0.3) is 0 Å². The van der Waals surface area contributed by atoms with Gasteiger partial charge in [0.05, 0.1) is 40.3 Å². The zero-order valence-electron chi connectivity index (χ0n) is 65.2. The summed E-state index contributed by atoms with van der Waals surface area (Å²) in [4.78, 5) is 37.6. The number of carbonyl (C=O) groups excluding carboxylic acids is 3. The molecule has 0 aliphatic rings. The van der Waals surface area contributed by atoms with Gasteiger partial charge in [-0.05, 0) is 141 Å². The number of likely N-dealkylation sites (N-methyl/N-ethyl adjacent to an activating group) is 1. The van der Waals surface area contributed by atoms with Crippen molar-refractivity contribution in [1.82, 2.24) is 0 Å². The molecule has 0 rings (SSSR count). The molecule has 0 aliphatic heterocycles. The Balaban J connectivity index is 4.12. The fourth-order valence-corrected chi connectivity index (χ4v) is 10.7. The highest BCUT2D eigenvalue weighted by Gasteiger charge is 2.22. The van der Waals surface area contributed by atoms with Crippen LogP contribution in [0.4, 0.5) is 0 Å². The molecule has 2 atom stereocenters. The Morgan fingerprint density at radius 3 is 0.792 bits per heavy atom. The molecule has 0 aromatic carbocycles. The Bertz CT molecular complexity index is 2380. The summed E-state index contributed by atoms with van der Waals surface area (Å²) in [5, 5.41) is 11.9. The third-order valence-electron chi connectivity index (χ3n) is 16.8. The van der Waals surface area contributed by atoms with Gasteiger partial charge in [0.15, 0.2) is 12.4 Å². The van der Waals surface area contributed by atoms with Gasteiger partial charge in [0, 0.05) is 12.8 Å². The van der Waals surface area contributed by atoms with Crippen molar-refractivity contribution in [2.45, 2.75) is 322 Å². The van der Waals surface area contributed by atoms with Gasteiger partial charge in [-0.15, -0.1) is 0 Å².